The van der Waals surface area contributed by atoms with Gasteiger partial charge in [-0.05, 0) is 55.9 Å². The Labute approximate surface area is 189 Å². The lowest BCUT2D eigenvalue weighted by molar-refractivity contribution is 0.146. The summed E-state index contributed by atoms with van der Waals surface area (Å²) >= 11 is 0. The molecule has 5 rings (SSSR count). The molecule has 6 nitrogen and oxygen atoms in total. The predicted octanol–water partition coefficient (Wildman–Crippen LogP) is 5.32. The number of carbonyl (C=O) groups excluding carboxylic acids is 1. The molecular formula is C26H31N5O. The van der Waals surface area contributed by atoms with Crippen molar-refractivity contribution in [1.82, 2.24) is 14.9 Å². The van der Waals surface area contributed by atoms with Gasteiger partial charge in [-0.2, -0.15) is 0 Å². The Hall–Kier alpha value is -3.15. The zero-order chi connectivity index (χ0) is 21.8. The smallest absolute Gasteiger partial charge is 0.322 e. The summed E-state index contributed by atoms with van der Waals surface area (Å²) in [5, 5.41) is 4.24. The van der Waals surface area contributed by atoms with Crippen molar-refractivity contribution < 1.29 is 4.79 Å². The van der Waals surface area contributed by atoms with E-state index in [1.807, 2.05) is 42.5 Å². The highest BCUT2D eigenvalue weighted by Crippen LogP contribution is 2.33. The van der Waals surface area contributed by atoms with Gasteiger partial charge in [0.25, 0.3) is 0 Å². The predicted molar refractivity (Wildman–Crippen MR) is 129 cm³/mol. The highest BCUT2D eigenvalue weighted by Gasteiger charge is 2.34. The summed E-state index contributed by atoms with van der Waals surface area (Å²) in [4.78, 5) is 26.7. The van der Waals surface area contributed by atoms with E-state index in [0.717, 1.165) is 67.7 Å². The van der Waals surface area contributed by atoms with Crippen LogP contribution in [-0.2, 0) is 0 Å². The van der Waals surface area contributed by atoms with Crippen LogP contribution in [0.2, 0.25) is 0 Å². The number of likely N-dealkylation sites (tertiary alicyclic amines) is 1. The number of piperidine rings is 1. The summed E-state index contributed by atoms with van der Waals surface area (Å²) in [6.45, 7) is 2.78. The molecule has 0 saturated carbocycles. The molecule has 1 N–H and O–H groups in total. The van der Waals surface area contributed by atoms with Crippen LogP contribution in [0, 0.1) is 5.92 Å². The third-order valence-corrected chi connectivity index (χ3v) is 6.99. The number of fused-ring (bicyclic) bond motifs is 1. The Morgan fingerprint density at radius 2 is 1.62 bits per heavy atom. The Bertz CT molecular complexity index is 1040. The maximum absolute atomic E-state index is 13.2. The summed E-state index contributed by atoms with van der Waals surface area (Å²) < 4.78 is 0. The molecule has 2 amide bonds. The molecule has 32 heavy (non-hydrogen) atoms. The second-order valence-corrected chi connectivity index (χ2v) is 8.95. The minimum absolute atomic E-state index is 0.0484. The first-order chi connectivity index (χ1) is 15.8. The van der Waals surface area contributed by atoms with Gasteiger partial charge in [0.2, 0.25) is 0 Å². The molecule has 2 fully saturated rings. The number of nitrogens with one attached hydrogen (secondary N) is 1. The molecule has 0 radical (unpaired) electrons. The van der Waals surface area contributed by atoms with Crippen molar-refractivity contribution in [2.45, 2.75) is 44.6 Å². The van der Waals surface area contributed by atoms with Crippen LogP contribution in [0.3, 0.4) is 0 Å². The van der Waals surface area contributed by atoms with Crippen LogP contribution >= 0.6 is 0 Å². The molecule has 2 aliphatic rings. The van der Waals surface area contributed by atoms with Crippen LogP contribution in [0.1, 0.15) is 38.5 Å². The van der Waals surface area contributed by atoms with Crippen LogP contribution < -0.4 is 10.2 Å². The van der Waals surface area contributed by atoms with Crippen molar-refractivity contribution in [2.24, 2.45) is 5.92 Å². The summed E-state index contributed by atoms with van der Waals surface area (Å²) in [5.74, 6) is 1.56. The van der Waals surface area contributed by atoms with Crippen molar-refractivity contribution >= 4 is 28.4 Å². The molecule has 2 saturated heterocycles. The van der Waals surface area contributed by atoms with Gasteiger partial charge in [0.05, 0.1) is 5.52 Å². The molecule has 2 aromatic carbocycles. The molecule has 1 unspecified atom stereocenters. The van der Waals surface area contributed by atoms with E-state index in [9.17, 15) is 4.79 Å². The van der Waals surface area contributed by atoms with Gasteiger partial charge in [-0.15, -0.1) is 0 Å². The van der Waals surface area contributed by atoms with Gasteiger partial charge >= 0.3 is 6.03 Å². The van der Waals surface area contributed by atoms with Crippen LogP contribution in [0.5, 0.6) is 0 Å². The fourth-order valence-electron chi connectivity index (χ4n) is 5.33. The molecule has 0 spiro atoms. The van der Waals surface area contributed by atoms with E-state index in [0.29, 0.717) is 12.0 Å². The largest absolute Gasteiger partial charge is 0.356 e. The number of hydrogen-bond acceptors (Lipinski definition) is 4. The highest BCUT2D eigenvalue weighted by molar-refractivity contribution is 5.90. The lowest BCUT2D eigenvalue weighted by atomic mass is 9.86. The van der Waals surface area contributed by atoms with Crippen molar-refractivity contribution in [1.29, 1.82) is 0 Å². The summed E-state index contributed by atoms with van der Waals surface area (Å²) in [6, 6.07) is 18.4. The minimum Gasteiger partial charge on any atom is -0.356 e. The monoisotopic (exact) mass is 429 g/mol. The third-order valence-electron chi connectivity index (χ3n) is 6.99. The van der Waals surface area contributed by atoms with E-state index in [2.05, 4.69) is 37.2 Å². The van der Waals surface area contributed by atoms with Gasteiger partial charge in [0, 0.05) is 36.7 Å². The van der Waals surface area contributed by atoms with E-state index in [1.165, 1.54) is 12.8 Å². The number of urea groups is 1. The molecule has 0 bridgehead atoms. The Morgan fingerprint density at radius 1 is 0.844 bits per heavy atom. The summed E-state index contributed by atoms with van der Waals surface area (Å²) in [5.41, 5.74) is 1.86. The molecule has 3 aromatic rings. The zero-order valence-electron chi connectivity index (χ0n) is 18.5. The number of benzene rings is 2. The molecule has 6 heteroatoms. The lowest BCUT2D eigenvalue weighted by Crippen LogP contribution is -2.49. The molecule has 3 heterocycles. The first-order valence-corrected chi connectivity index (χ1v) is 11.9. The quantitative estimate of drug-likeness (QED) is 0.612. The van der Waals surface area contributed by atoms with Crippen molar-refractivity contribution in [3.05, 3.63) is 60.9 Å². The number of anilines is 2. The first kappa shape index (κ1) is 20.7. The molecule has 2 aliphatic heterocycles. The SMILES string of the molecule is O=C(Nc1ccccc1)N1CCCCCC1C1CCN(c2ncnc3ccccc23)CC1. The number of aromatic nitrogens is 2. The van der Waals surface area contributed by atoms with Gasteiger partial charge in [0.15, 0.2) is 0 Å². The van der Waals surface area contributed by atoms with Crippen molar-refractivity contribution in [3.63, 3.8) is 0 Å². The molecule has 1 aromatic heterocycles. The lowest BCUT2D eigenvalue weighted by Gasteiger charge is -2.41. The number of para-hydroxylation sites is 2. The van der Waals surface area contributed by atoms with Gasteiger partial charge in [0.1, 0.15) is 12.1 Å². The van der Waals surface area contributed by atoms with E-state index in [1.54, 1.807) is 6.33 Å². The van der Waals surface area contributed by atoms with Crippen molar-refractivity contribution in [3.8, 4) is 0 Å². The van der Waals surface area contributed by atoms with Gasteiger partial charge in [-0.25, -0.2) is 14.8 Å². The average Bonchev–Trinajstić information content (AvgIpc) is 3.11. The van der Waals surface area contributed by atoms with Crippen LogP contribution in [0.15, 0.2) is 60.9 Å². The van der Waals surface area contributed by atoms with E-state index in [-0.39, 0.29) is 6.03 Å². The number of hydrogen-bond donors (Lipinski definition) is 1. The Morgan fingerprint density at radius 3 is 2.47 bits per heavy atom. The van der Waals surface area contributed by atoms with Crippen LogP contribution in [0.25, 0.3) is 10.9 Å². The summed E-state index contributed by atoms with van der Waals surface area (Å²) in [6.07, 6.45) is 8.43. The van der Waals surface area contributed by atoms with Gasteiger partial charge in [-0.1, -0.05) is 43.2 Å². The second-order valence-electron chi connectivity index (χ2n) is 8.95. The number of carbonyl (C=O) groups is 1. The van der Waals surface area contributed by atoms with E-state index < -0.39 is 0 Å². The Balaban J connectivity index is 1.29. The third kappa shape index (κ3) is 4.40. The average molecular weight is 430 g/mol. The maximum Gasteiger partial charge on any atom is 0.322 e. The minimum atomic E-state index is 0.0484. The topological polar surface area (TPSA) is 61.4 Å². The summed E-state index contributed by atoms with van der Waals surface area (Å²) in [7, 11) is 0. The normalized spacial score (nSPS) is 20.2. The zero-order valence-corrected chi connectivity index (χ0v) is 18.5. The number of nitrogens with zero attached hydrogens (tertiary/aromatic N) is 4. The fraction of sp³-hybridized carbons (Fsp3) is 0.423. The molecular weight excluding hydrogens is 398 g/mol. The number of amides is 2. The van der Waals surface area contributed by atoms with Crippen LogP contribution in [0.4, 0.5) is 16.3 Å². The van der Waals surface area contributed by atoms with E-state index >= 15 is 0 Å². The molecule has 0 aliphatic carbocycles. The molecule has 1 atom stereocenters. The highest BCUT2D eigenvalue weighted by atomic mass is 16.2. The standard InChI is InChI=1S/C26H31N5O/c32-26(29-21-9-3-1-4-10-21)31-16-8-2-5-13-24(31)20-14-17-30(18-15-20)25-22-11-6-7-12-23(22)27-19-28-25/h1,3-4,6-7,9-12,19-20,24H,2,5,8,13-18H2,(H,29,32). The fourth-order valence-corrected chi connectivity index (χ4v) is 5.33. The molecule has 166 valence electrons. The second kappa shape index (κ2) is 9.55. The maximum atomic E-state index is 13.2. The van der Waals surface area contributed by atoms with Gasteiger partial charge < -0.3 is 15.1 Å². The van der Waals surface area contributed by atoms with E-state index in [4.69, 9.17) is 0 Å². The van der Waals surface area contributed by atoms with Gasteiger partial charge in [-0.3, -0.25) is 0 Å². The first-order valence-electron chi connectivity index (χ1n) is 11.9. The van der Waals surface area contributed by atoms with Crippen LogP contribution in [-0.4, -0.2) is 46.6 Å². The Kier molecular flexibility index (Phi) is 6.19. The number of rotatable bonds is 3. The van der Waals surface area contributed by atoms with Crippen molar-refractivity contribution in [2.75, 3.05) is 29.9 Å².